The first kappa shape index (κ1) is 24.1. The summed E-state index contributed by atoms with van der Waals surface area (Å²) in [7, 11) is 2.13. The van der Waals surface area contributed by atoms with Gasteiger partial charge in [0, 0.05) is 38.2 Å². The molecule has 2 heterocycles. The second-order valence-corrected chi connectivity index (χ2v) is 8.95. The summed E-state index contributed by atoms with van der Waals surface area (Å²) in [5, 5.41) is 0. The SMILES string of the molecule is CN(CCCC1(c2ccc(F)cc2)OCCO1)CCN1CCC(Oc2ccccc2F)CC1. The molecule has 0 radical (unpaired) electrons. The fourth-order valence-corrected chi connectivity index (χ4v) is 4.59. The van der Waals surface area contributed by atoms with Crippen molar-refractivity contribution in [2.75, 3.05) is 53.0 Å². The van der Waals surface area contributed by atoms with Crippen LogP contribution >= 0.6 is 0 Å². The number of rotatable bonds is 10. The highest BCUT2D eigenvalue weighted by atomic mass is 19.1. The van der Waals surface area contributed by atoms with E-state index in [0.29, 0.717) is 19.0 Å². The Kier molecular flexibility index (Phi) is 8.30. The number of nitrogens with zero attached hydrogens (tertiary/aromatic N) is 2. The Bertz CT molecular complexity index is 866. The molecular weight excluding hydrogens is 426 g/mol. The molecule has 180 valence electrons. The fourth-order valence-electron chi connectivity index (χ4n) is 4.59. The number of para-hydroxylation sites is 1. The topological polar surface area (TPSA) is 34.2 Å². The van der Waals surface area contributed by atoms with Crippen LogP contribution < -0.4 is 4.74 Å². The summed E-state index contributed by atoms with van der Waals surface area (Å²) in [5.74, 6) is -0.954. The monoisotopic (exact) mass is 460 g/mol. The Morgan fingerprint density at radius 1 is 1.00 bits per heavy atom. The van der Waals surface area contributed by atoms with E-state index in [4.69, 9.17) is 14.2 Å². The molecule has 2 aromatic carbocycles. The van der Waals surface area contributed by atoms with E-state index in [0.717, 1.165) is 64.0 Å². The van der Waals surface area contributed by atoms with Gasteiger partial charge in [0.25, 0.3) is 0 Å². The van der Waals surface area contributed by atoms with E-state index in [-0.39, 0.29) is 17.7 Å². The number of benzene rings is 2. The van der Waals surface area contributed by atoms with Gasteiger partial charge in [0.05, 0.1) is 13.2 Å². The lowest BCUT2D eigenvalue weighted by molar-refractivity contribution is -0.172. The Labute approximate surface area is 195 Å². The number of likely N-dealkylation sites (N-methyl/N-ethyl adjacent to an activating group) is 1. The molecule has 2 aromatic rings. The van der Waals surface area contributed by atoms with Gasteiger partial charge in [-0.25, -0.2) is 8.78 Å². The maximum atomic E-state index is 13.8. The molecule has 0 saturated carbocycles. The Morgan fingerprint density at radius 2 is 1.70 bits per heavy atom. The van der Waals surface area contributed by atoms with E-state index in [1.807, 2.05) is 0 Å². The van der Waals surface area contributed by atoms with E-state index < -0.39 is 5.79 Å². The third kappa shape index (κ3) is 6.51. The van der Waals surface area contributed by atoms with Crippen LogP contribution in [0.4, 0.5) is 8.78 Å². The molecule has 0 amide bonds. The molecule has 0 aromatic heterocycles. The zero-order valence-corrected chi connectivity index (χ0v) is 19.3. The van der Waals surface area contributed by atoms with Crippen molar-refractivity contribution < 1.29 is 23.0 Å². The van der Waals surface area contributed by atoms with Crippen LogP contribution in [-0.4, -0.2) is 68.9 Å². The zero-order valence-electron chi connectivity index (χ0n) is 19.3. The zero-order chi connectivity index (χ0) is 23.1. The Balaban J connectivity index is 1.15. The van der Waals surface area contributed by atoms with Gasteiger partial charge in [0.2, 0.25) is 0 Å². The van der Waals surface area contributed by atoms with Gasteiger partial charge in [-0.15, -0.1) is 0 Å². The number of likely N-dealkylation sites (tertiary alicyclic amines) is 1. The van der Waals surface area contributed by atoms with Gasteiger partial charge in [-0.2, -0.15) is 0 Å². The van der Waals surface area contributed by atoms with Crippen molar-refractivity contribution in [3.63, 3.8) is 0 Å². The normalized spacial score (nSPS) is 19.3. The van der Waals surface area contributed by atoms with Gasteiger partial charge >= 0.3 is 0 Å². The molecule has 5 nitrogen and oxygen atoms in total. The molecule has 2 aliphatic heterocycles. The molecule has 0 bridgehead atoms. The molecular formula is C26H34F2N2O3. The average Bonchev–Trinajstić information content (AvgIpc) is 3.30. The number of ether oxygens (including phenoxy) is 3. The van der Waals surface area contributed by atoms with Crippen molar-refractivity contribution in [3.8, 4) is 5.75 Å². The van der Waals surface area contributed by atoms with Crippen molar-refractivity contribution in [2.24, 2.45) is 0 Å². The Hall–Kier alpha value is -2.06. The van der Waals surface area contributed by atoms with Crippen LogP contribution in [0.1, 0.15) is 31.2 Å². The predicted octanol–water partition coefficient (Wildman–Crippen LogP) is 4.42. The van der Waals surface area contributed by atoms with Gasteiger partial charge in [-0.3, -0.25) is 0 Å². The molecule has 0 spiro atoms. The van der Waals surface area contributed by atoms with Crippen LogP contribution in [0, 0.1) is 11.6 Å². The lowest BCUT2D eigenvalue weighted by Crippen LogP contribution is -2.42. The standard InChI is InChI=1S/C26H34F2N2O3/c1-29(14-4-13-26(31-19-20-32-26)21-7-9-22(27)10-8-21)17-18-30-15-11-23(12-16-30)33-25-6-3-2-5-24(25)28/h2-3,5-10,23H,4,11-20H2,1H3. The van der Waals surface area contributed by atoms with Gasteiger partial charge in [0.15, 0.2) is 17.4 Å². The third-order valence-electron chi connectivity index (χ3n) is 6.55. The summed E-state index contributed by atoms with van der Waals surface area (Å²) < 4.78 is 44.9. The number of piperidine rings is 1. The maximum absolute atomic E-state index is 13.8. The molecule has 2 saturated heterocycles. The first-order valence-corrected chi connectivity index (χ1v) is 11.9. The summed E-state index contributed by atoms with van der Waals surface area (Å²) in [4.78, 5) is 4.77. The number of halogens is 2. The summed E-state index contributed by atoms with van der Waals surface area (Å²) >= 11 is 0. The highest BCUT2D eigenvalue weighted by Crippen LogP contribution is 2.36. The van der Waals surface area contributed by atoms with Crippen LogP contribution in [0.25, 0.3) is 0 Å². The summed E-state index contributed by atoms with van der Waals surface area (Å²) in [6, 6.07) is 13.0. The molecule has 33 heavy (non-hydrogen) atoms. The average molecular weight is 461 g/mol. The molecule has 7 heteroatoms. The van der Waals surface area contributed by atoms with E-state index in [2.05, 4.69) is 16.8 Å². The van der Waals surface area contributed by atoms with E-state index in [1.54, 1.807) is 30.3 Å². The fraction of sp³-hybridized carbons (Fsp3) is 0.538. The number of hydrogen-bond donors (Lipinski definition) is 0. The molecule has 0 atom stereocenters. The van der Waals surface area contributed by atoms with Gasteiger partial charge < -0.3 is 24.0 Å². The number of hydrogen-bond acceptors (Lipinski definition) is 5. The van der Waals surface area contributed by atoms with Crippen molar-refractivity contribution in [3.05, 3.63) is 65.7 Å². The van der Waals surface area contributed by atoms with E-state index >= 15 is 0 Å². The lowest BCUT2D eigenvalue weighted by Gasteiger charge is -2.33. The van der Waals surface area contributed by atoms with Crippen molar-refractivity contribution in [1.82, 2.24) is 9.80 Å². The van der Waals surface area contributed by atoms with Crippen LogP contribution in [-0.2, 0) is 15.3 Å². The summed E-state index contributed by atoms with van der Waals surface area (Å²) in [5.41, 5.74) is 0.879. The summed E-state index contributed by atoms with van der Waals surface area (Å²) in [6.45, 7) is 5.95. The quantitative estimate of drug-likeness (QED) is 0.524. The van der Waals surface area contributed by atoms with E-state index in [1.165, 1.54) is 18.2 Å². The molecule has 2 aliphatic rings. The van der Waals surface area contributed by atoms with Crippen molar-refractivity contribution in [1.29, 1.82) is 0 Å². The lowest BCUT2D eigenvalue weighted by atomic mass is 10.0. The molecule has 0 N–H and O–H groups in total. The molecule has 2 fully saturated rings. The molecule has 0 unspecified atom stereocenters. The van der Waals surface area contributed by atoms with Gasteiger partial charge in [0.1, 0.15) is 11.9 Å². The minimum absolute atomic E-state index is 0.0740. The second kappa shape index (κ2) is 11.4. The van der Waals surface area contributed by atoms with Crippen LogP contribution in [0.2, 0.25) is 0 Å². The van der Waals surface area contributed by atoms with E-state index in [9.17, 15) is 8.78 Å². The maximum Gasteiger partial charge on any atom is 0.195 e. The minimum atomic E-state index is -0.755. The largest absolute Gasteiger partial charge is 0.487 e. The third-order valence-corrected chi connectivity index (χ3v) is 6.55. The highest BCUT2D eigenvalue weighted by molar-refractivity contribution is 5.24. The van der Waals surface area contributed by atoms with Crippen LogP contribution in [0.5, 0.6) is 5.75 Å². The Morgan fingerprint density at radius 3 is 2.39 bits per heavy atom. The van der Waals surface area contributed by atoms with Crippen LogP contribution in [0.15, 0.2) is 48.5 Å². The molecule has 4 rings (SSSR count). The molecule has 0 aliphatic carbocycles. The van der Waals surface area contributed by atoms with Crippen LogP contribution in [0.3, 0.4) is 0 Å². The first-order chi connectivity index (χ1) is 16.0. The van der Waals surface area contributed by atoms with Gasteiger partial charge in [-0.1, -0.05) is 24.3 Å². The predicted molar refractivity (Wildman–Crippen MR) is 123 cm³/mol. The van der Waals surface area contributed by atoms with Crippen molar-refractivity contribution in [2.45, 2.75) is 37.6 Å². The minimum Gasteiger partial charge on any atom is -0.487 e. The summed E-state index contributed by atoms with van der Waals surface area (Å²) in [6.07, 6.45) is 3.55. The second-order valence-electron chi connectivity index (χ2n) is 8.95. The first-order valence-electron chi connectivity index (χ1n) is 11.9. The highest BCUT2D eigenvalue weighted by Gasteiger charge is 2.38. The smallest absolute Gasteiger partial charge is 0.195 e. The van der Waals surface area contributed by atoms with Crippen molar-refractivity contribution >= 4 is 0 Å². The van der Waals surface area contributed by atoms with Gasteiger partial charge in [-0.05, 0) is 57.1 Å².